The molecular weight excluding hydrogens is 206 g/mol. The number of nitrogens with two attached hydrogens (primary N) is 1. The van der Waals surface area contributed by atoms with Crippen LogP contribution in [0.4, 0.5) is 0 Å². The summed E-state index contributed by atoms with van der Waals surface area (Å²) in [5, 5.41) is 7.57. The van der Waals surface area contributed by atoms with Crippen LogP contribution in [0.3, 0.4) is 0 Å². The summed E-state index contributed by atoms with van der Waals surface area (Å²) in [4.78, 5) is 11.9. The van der Waals surface area contributed by atoms with E-state index in [1.807, 2.05) is 25.1 Å². The van der Waals surface area contributed by atoms with Gasteiger partial charge in [-0.1, -0.05) is 18.2 Å². The Morgan fingerprint density at radius 3 is 2.62 bits per heavy atom. The van der Waals surface area contributed by atoms with E-state index < -0.39 is 0 Å². The van der Waals surface area contributed by atoms with Gasteiger partial charge in [0.1, 0.15) is 0 Å². The fraction of sp³-hybridized carbons (Fsp3) is 0.300. The summed E-state index contributed by atoms with van der Waals surface area (Å²) in [5.41, 5.74) is 6.03. The maximum absolute atomic E-state index is 11.9. The molecule has 16 heavy (non-hydrogen) atoms. The van der Waals surface area contributed by atoms with Gasteiger partial charge in [-0.15, -0.1) is 0 Å². The fourth-order valence-electron chi connectivity index (χ4n) is 1.39. The number of benzene rings is 1. The van der Waals surface area contributed by atoms with Crippen LogP contribution in [0.25, 0.3) is 5.69 Å². The quantitative estimate of drug-likeness (QED) is 0.773. The maximum atomic E-state index is 11.9. The average molecular weight is 219 g/mol. The molecule has 0 saturated heterocycles. The topological polar surface area (TPSA) is 78.7 Å². The molecule has 6 heteroatoms. The van der Waals surface area contributed by atoms with Crippen LogP contribution < -0.4 is 11.4 Å². The molecule has 1 atom stereocenters. The van der Waals surface area contributed by atoms with E-state index in [-0.39, 0.29) is 11.7 Å². The Kier molecular flexibility index (Phi) is 2.82. The standard InChI is InChI=1S/C10H13N5O/c1-8(11)7-14-10(16)15(13-12-14)9-5-3-2-4-6-9/h2-6,8H,7,11H2,1H3/t8-/m0/s1. The third kappa shape index (κ3) is 2.01. The van der Waals surface area contributed by atoms with E-state index in [9.17, 15) is 4.79 Å². The van der Waals surface area contributed by atoms with Gasteiger partial charge >= 0.3 is 5.69 Å². The molecule has 2 rings (SSSR count). The number of para-hydroxylation sites is 1. The van der Waals surface area contributed by atoms with Crippen LogP contribution in [0.5, 0.6) is 0 Å². The van der Waals surface area contributed by atoms with Crippen molar-refractivity contribution >= 4 is 0 Å². The molecule has 1 heterocycles. The maximum Gasteiger partial charge on any atom is 0.368 e. The molecule has 0 fully saturated rings. The Labute approximate surface area is 92.3 Å². The molecule has 0 aliphatic heterocycles. The minimum Gasteiger partial charge on any atom is -0.326 e. The van der Waals surface area contributed by atoms with Gasteiger partial charge in [0.15, 0.2) is 0 Å². The highest BCUT2D eigenvalue weighted by Gasteiger charge is 2.09. The van der Waals surface area contributed by atoms with Crippen LogP contribution >= 0.6 is 0 Å². The lowest BCUT2D eigenvalue weighted by atomic mass is 10.3. The van der Waals surface area contributed by atoms with Gasteiger partial charge in [-0.05, 0) is 29.5 Å². The highest BCUT2D eigenvalue weighted by molar-refractivity contribution is 5.28. The minimum atomic E-state index is -0.275. The van der Waals surface area contributed by atoms with Gasteiger partial charge in [-0.3, -0.25) is 0 Å². The molecule has 84 valence electrons. The predicted octanol–water partition coefficient (Wildman–Crippen LogP) is -0.224. The molecule has 2 aromatic rings. The van der Waals surface area contributed by atoms with Crippen LogP contribution in [-0.2, 0) is 6.54 Å². The van der Waals surface area contributed by atoms with E-state index in [1.54, 1.807) is 12.1 Å². The summed E-state index contributed by atoms with van der Waals surface area (Å²) in [5.74, 6) is 0. The molecule has 0 unspecified atom stereocenters. The van der Waals surface area contributed by atoms with Gasteiger partial charge in [0, 0.05) is 6.04 Å². The smallest absolute Gasteiger partial charge is 0.326 e. The van der Waals surface area contributed by atoms with E-state index in [2.05, 4.69) is 10.4 Å². The first-order chi connectivity index (χ1) is 7.68. The Hall–Kier alpha value is -1.95. The number of rotatable bonds is 3. The van der Waals surface area contributed by atoms with Crippen molar-refractivity contribution < 1.29 is 0 Å². The minimum absolute atomic E-state index is 0.126. The van der Waals surface area contributed by atoms with Gasteiger partial charge < -0.3 is 5.73 Å². The van der Waals surface area contributed by atoms with E-state index in [0.717, 1.165) is 0 Å². The van der Waals surface area contributed by atoms with Crippen LogP contribution in [0.15, 0.2) is 35.1 Å². The SMILES string of the molecule is C[C@H](N)Cn1nnn(-c2ccccc2)c1=O. The molecule has 2 N–H and O–H groups in total. The Balaban J connectivity index is 2.38. The van der Waals surface area contributed by atoms with Crippen molar-refractivity contribution in [1.82, 2.24) is 19.8 Å². The molecule has 0 bridgehead atoms. The van der Waals surface area contributed by atoms with Crippen molar-refractivity contribution in [2.45, 2.75) is 19.5 Å². The number of hydrogen-bond donors (Lipinski definition) is 1. The van der Waals surface area contributed by atoms with Crippen LogP contribution in [0.2, 0.25) is 0 Å². The van der Waals surface area contributed by atoms with Crippen molar-refractivity contribution in [3.8, 4) is 5.69 Å². The Bertz CT molecular complexity index is 514. The predicted molar refractivity (Wildman–Crippen MR) is 59.3 cm³/mol. The molecule has 0 amide bonds. The second kappa shape index (κ2) is 4.28. The van der Waals surface area contributed by atoms with Crippen LogP contribution in [-0.4, -0.2) is 25.8 Å². The van der Waals surface area contributed by atoms with Crippen molar-refractivity contribution in [3.05, 3.63) is 40.8 Å². The molecular formula is C10H13N5O. The molecule has 0 spiro atoms. The van der Waals surface area contributed by atoms with Gasteiger partial charge in [0.05, 0.1) is 12.2 Å². The summed E-state index contributed by atoms with van der Waals surface area (Å²) < 4.78 is 2.51. The highest BCUT2D eigenvalue weighted by Crippen LogP contribution is 2.00. The van der Waals surface area contributed by atoms with Crippen molar-refractivity contribution in [2.24, 2.45) is 5.73 Å². The lowest BCUT2D eigenvalue weighted by Crippen LogP contribution is -2.31. The highest BCUT2D eigenvalue weighted by atomic mass is 16.2. The molecule has 1 aromatic heterocycles. The first kappa shape index (κ1) is 10.6. The summed E-state index contributed by atoms with van der Waals surface area (Å²) in [6.07, 6.45) is 0. The summed E-state index contributed by atoms with van der Waals surface area (Å²) in [6, 6.07) is 9.02. The molecule has 0 aliphatic rings. The lowest BCUT2D eigenvalue weighted by Gasteiger charge is -2.01. The monoisotopic (exact) mass is 219 g/mol. The van der Waals surface area contributed by atoms with E-state index in [1.165, 1.54) is 9.36 Å². The second-order valence-corrected chi connectivity index (χ2v) is 3.67. The molecule has 0 saturated carbocycles. The third-order valence-corrected chi connectivity index (χ3v) is 2.10. The zero-order valence-corrected chi connectivity index (χ0v) is 8.95. The first-order valence-corrected chi connectivity index (χ1v) is 5.02. The van der Waals surface area contributed by atoms with Crippen LogP contribution in [0, 0.1) is 0 Å². The second-order valence-electron chi connectivity index (χ2n) is 3.67. The van der Waals surface area contributed by atoms with Crippen molar-refractivity contribution in [3.63, 3.8) is 0 Å². The fourth-order valence-corrected chi connectivity index (χ4v) is 1.39. The third-order valence-electron chi connectivity index (χ3n) is 2.10. The number of nitrogens with zero attached hydrogens (tertiary/aromatic N) is 4. The zero-order valence-electron chi connectivity index (χ0n) is 8.95. The Morgan fingerprint density at radius 2 is 2.00 bits per heavy atom. The summed E-state index contributed by atoms with van der Waals surface area (Å²) in [7, 11) is 0. The lowest BCUT2D eigenvalue weighted by molar-refractivity contribution is 0.511. The number of hydrogen-bond acceptors (Lipinski definition) is 4. The van der Waals surface area contributed by atoms with E-state index in [4.69, 9.17) is 5.73 Å². The first-order valence-electron chi connectivity index (χ1n) is 5.02. The molecule has 0 radical (unpaired) electrons. The van der Waals surface area contributed by atoms with Gasteiger partial charge in [-0.2, -0.15) is 9.36 Å². The molecule has 0 aliphatic carbocycles. The van der Waals surface area contributed by atoms with E-state index in [0.29, 0.717) is 12.2 Å². The van der Waals surface area contributed by atoms with Gasteiger partial charge in [0.25, 0.3) is 0 Å². The largest absolute Gasteiger partial charge is 0.368 e. The zero-order chi connectivity index (χ0) is 11.5. The van der Waals surface area contributed by atoms with E-state index >= 15 is 0 Å². The Morgan fingerprint density at radius 1 is 1.31 bits per heavy atom. The summed E-state index contributed by atoms with van der Waals surface area (Å²) in [6.45, 7) is 2.18. The van der Waals surface area contributed by atoms with Gasteiger partial charge in [-0.25, -0.2) is 4.79 Å². The average Bonchev–Trinajstić information content (AvgIpc) is 2.61. The number of aromatic nitrogens is 4. The number of tetrazole rings is 1. The van der Waals surface area contributed by atoms with Crippen molar-refractivity contribution in [2.75, 3.05) is 0 Å². The molecule has 1 aromatic carbocycles. The summed E-state index contributed by atoms with van der Waals surface area (Å²) >= 11 is 0. The van der Waals surface area contributed by atoms with Crippen molar-refractivity contribution in [1.29, 1.82) is 0 Å². The normalized spacial score (nSPS) is 12.6. The van der Waals surface area contributed by atoms with Gasteiger partial charge in [0.2, 0.25) is 0 Å². The molecule has 6 nitrogen and oxygen atoms in total. The van der Waals surface area contributed by atoms with Crippen LogP contribution in [0.1, 0.15) is 6.92 Å².